The zero-order valence-electron chi connectivity index (χ0n) is 11.2. The molecule has 1 aliphatic heterocycles. The lowest BCUT2D eigenvalue weighted by Crippen LogP contribution is -2.47. The summed E-state index contributed by atoms with van der Waals surface area (Å²) in [5.41, 5.74) is 0.740. The lowest BCUT2D eigenvalue weighted by Gasteiger charge is -2.26. The molecule has 1 unspecified atom stereocenters. The quantitative estimate of drug-likeness (QED) is 0.868. The summed E-state index contributed by atoms with van der Waals surface area (Å²) in [6, 6.07) is 7.76. The van der Waals surface area contributed by atoms with E-state index in [0.29, 0.717) is 12.2 Å². The molecule has 0 aromatic heterocycles. The smallest absolute Gasteiger partial charge is 0.157 e. The number of ketones is 1. The fourth-order valence-electron chi connectivity index (χ4n) is 2.68. The molecule has 1 fully saturated rings. The molecule has 0 saturated carbocycles. The Morgan fingerprint density at radius 2 is 2.33 bits per heavy atom. The predicted molar refractivity (Wildman–Crippen MR) is 72.0 cm³/mol. The van der Waals surface area contributed by atoms with Gasteiger partial charge in [0.25, 0.3) is 0 Å². The highest BCUT2D eigenvalue weighted by Crippen LogP contribution is 2.26. The third-order valence-corrected chi connectivity index (χ3v) is 3.88. The average Bonchev–Trinajstić information content (AvgIpc) is 2.89. The minimum absolute atomic E-state index is 0.289. The molecule has 0 aliphatic carbocycles. The van der Waals surface area contributed by atoms with Crippen LogP contribution in [0.1, 0.15) is 31.7 Å². The molecular weight excluding hydrogens is 226 g/mol. The number of carbonyl (C=O) groups excluding carboxylic acids is 1. The molecular formula is C15H21NO2. The van der Waals surface area contributed by atoms with E-state index >= 15 is 0 Å². The van der Waals surface area contributed by atoms with Crippen molar-refractivity contribution in [1.29, 1.82) is 0 Å². The summed E-state index contributed by atoms with van der Waals surface area (Å²) in [6.07, 6.45) is 3.41. The molecule has 1 aromatic rings. The summed E-state index contributed by atoms with van der Waals surface area (Å²) >= 11 is 0. The van der Waals surface area contributed by atoms with Gasteiger partial charge in [-0.05, 0) is 43.5 Å². The average molecular weight is 247 g/mol. The molecule has 0 bridgehead atoms. The highest BCUT2D eigenvalue weighted by molar-refractivity contribution is 5.90. The highest BCUT2D eigenvalue weighted by atomic mass is 16.5. The summed E-state index contributed by atoms with van der Waals surface area (Å²) in [7, 11) is 1.65. The number of hydrogen-bond acceptors (Lipinski definition) is 3. The van der Waals surface area contributed by atoms with Gasteiger partial charge in [0, 0.05) is 6.42 Å². The zero-order valence-corrected chi connectivity index (χ0v) is 11.2. The van der Waals surface area contributed by atoms with Gasteiger partial charge < -0.3 is 10.1 Å². The summed E-state index contributed by atoms with van der Waals surface area (Å²) in [5.74, 6) is 1.11. The standard InChI is InChI=1S/C15H21NO2/c1-3-15(8-5-9-16-15)14(17)11-12-6-4-7-13(10-12)18-2/h4,6-7,10,16H,3,5,8-9,11H2,1-2H3. The van der Waals surface area contributed by atoms with E-state index in [-0.39, 0.29) is 5.54 Å². The van der Waals surface area contributed by atoms with Crippen LogP contribution < -0.4 is 10.1 Å². The van der Waals surface area contributed by atoms with Gasteiger partial charge in [-0.3, -0.25) is 4.79 Å². The lowest BCUT2D eigenvalue weighted by molar-refractivity contribution is -0.124. The Morgan fingerprint density at radius 1 is 1.50 bits per heavy atom. The topological polar surface area (TPSA) is 38.3 Å². The minimum atomic E-state index is -0.289. The molecule has 1 N–H and O–H groups in total. The summed E-state index contributed by atoms with van der Waals surface area (Å²) < 4.78 is 5.19. The Morgan fingerprint density at radius 3 is 2.94 bits per heavy atom. The van der Waals surface area contributed by atoms with Crippen LogP contribution >= 0.6 is 0 Å². The third kappa shape index (κ3) is 2.56. The number of rotatable bonds is 5. The monoisotopic (exact) mass is 247 g/mol. The number of hydrogen-bond donors (Lipinski definition) is 1. The Balaban J connectivity index is 2.10. The number of nitrogens with one attached hydrogen (secondary N) is 1. The van der Waals surface area contributed by atoms with Gasteiger partial charge in [0.15, 0.2) is 5.78 Å². The van der Waals surface area contributed by atoms with Crippen LogP contribution in [-0.2, 0) is 11.2 Å². The molecule has 1 heterocycles. The Bertz CT molecular complexity index is 422. The second kappa shape index (κ2) is 5.53. The maximum atomic E-state index is 12.5. The van der Waals surface area contributed by atoms with Crippen molar-refractivity contribution in [2.45, 2.75) is 38.1 Å². The fourth-order valence-corrected chi connectivity index (χ4v) is 2.68. The van der Waals surface area contributed by atoms with Crippen LogP contribution in [0.5, 0.6) is 5.75 Å². The first-order valence-electron chi connectivity index (χ1n) is 6.61. The van der Waals surface area contributed by atoms with E-state index in [4.69, 9.17) is 4.74 Å². The molecule has 0 radical (unpaired) electrons. The Labute approximate surface area is 109 Å². The van der Waals surface area contributed by atoms with Gasteiger partial charge >= 0.3 is 0 Å². The number of carbonyl (C=O) groups is 1. The Kier molecular flexibility index (Phi) is 4.02. The van der Waals surface area contributed by atoms with Crippen molar-refractivity contribution in [3.63, 3.8) is 0 Å². The van der Waals surface area contributed by atoms with Crippen LogP contribution in [-0.4, -0.2) is 25.0 Å². The minimum Gasteiger partial charge on any atom is -0.497 e. The van der Waals surface area contributed by atoms with Crippen molar-refractivity contribution in [1.82, 2.24) is 5.32 Å². The molecule has 3 nitrogen and oxygen atoms in total. The molecule has 2 rings (SSSR count). The van der Waals surface area contributed by atoms with E-state index in [2.05, 4.69) is 12.2 Å². The largest absolute Gasteiger partial charge is 0.497 e. The molecule has 1 aromatic carbocycles. The van der Waals surface area contributed by atoms with Crippen LogP contribution in [0.4, 0.5) is 0 Å². The second-order valence-corrected chi connectivity index (χ2v) is 4.92. The summed E-state index contributed by atoms with van der Waals surface area (Å²) in [4.78, 5) is 12.5. The van der Waals surface area contributed by atoms with Crippen molar-refractivity contribution in [2.24, 2.45) is 0 Å². The van der Waals surface area contributed by atoms with E-state index in [1.165, 1.54) is 0 Å². The molecule has 1 atom stereocenters. The number of ether oxygens (including phenoxy) is 1. The Hall–Kier alpha value is -1.35. The fraction of sp³-hybridized carbons (Fsp3) is 0.533. The lowest BCUT2D eigenvalue weighted by atomic mass is 9.86. The van der Waals surface area contributed by atoms with Gasteiger partial charge in [-0.2, -0.15) is 0 Å². The van der Waals surface area contributed by atoms with Crippen LogP contribution in [0.25, 0.3) is 0 Å². The van der Waals surface area contributed by atoms with E-state index in [1.807, 2.05) is 24.3 Å². The van der Waals surface area contributed by atoms with E-state index in [0.717, 1.165) is 37.1 Å². The first-order valence-corrected chi connectivity index (χ1v) is 6.61. The van der Waals surface area contributed by atoms with Gasteiger partial charge in [-0.15, -0.1) is 0 Å². The van der Waals surface area contributed by atoms with Crippen molar-refractivity contribution < 1.29 is 9.53 Å². The molecule has 1 aliphatic rings. The highest BCUT2D eigenvalue weighted by Gasteiger charge is 2.38. The SMILES string of the molecule is CCC1(C(=O)Cc2cccc(OC)c2)CCCN1. The first kappa shape index (κ1) is 13.1. The molecule has 1 saturated heterocycles. The van der Waals surface area contributed by atoms with Gasteiger partial charge in [0.2, 0.25) is 0 Å². The van der Waals surface area contributed by atoms with Gasteiger partial charge in [-0.1, -0.05) is 19.1 Å². The second-order valence-electron chi connectivity index (χ2n) is 4.92. The zero-order chi connectivity index (χ0) is 13.0. The van der Waals surface area contributed by atoms with E-state index < -0.39 is 0 Å². The predicted octanol–water partition coefficient (Wildman–Crippen LogP) is 2.34. The van der Waals surface area contributed by atoms with Gasteiger partial charge in [0.05, 0.1) is 12.6 Å². The normalized spacial score (nSPS) is 23.0. The van der Waals surface area contributed by atoms with Gasteiger partial charge in [0.1, 0.15) is 5.75 Å². The summed E-state index contributed by atoms with van der Waals surface area (Å²) in [6.45, 7) is 3.04. The summed E-state index contributed by atoms with van der Waals surface area (Å²) in [5, 5.41) is 3.39. The van der Waals surface area contributed by atoms with Crippen LogP contribution in [0.15, 0.2) is 24.3 Å². The molecule has 0 amide bonds. The van der Waals surface area contributed by atoms with E-state index in [9.17, 15) is 4.79 Å². The molecule has 0 spiro atoms. The van der Waals surface area contributed by atoms with Crippen LogP contribution in [0.2, 0.25) is 0 Å². The molecule has 18 heavy (non-hydrogen) atoms. The van der Waals surface area contributed by atoms with E-state index in [1.54, 1.807) is 7.11 Å². The van der Waals surface area contributed by atoms with Crippen molar-refractivity contribution in [2.75, 3.05) is 13.7 Å². The number of Topliss-reactive ketones (excluding diaryl/α,β-unsaturated/α-hetero) is 1. The maximum Gasteiger partial charge on any atom is 0.157 e. The molecule has 98 valence electrons. The van der Waals surface area contributed by atoms with Crippen molar-refractivity contribution in [3.05, 3.63) is 29.8 Å². The van der Waals surface area contributed by atoms with Crippen molar-refractivity contribution in [3.8, 4) is 5.75 Å². The van der Waals surface area contributed by atoms with Crippen LogP contribution in [0.3, 0.4) is 0 Å². The number of benzene rings is 1. The maximum absolute atomic E-state index is 12.5. The number of methoxy groups -OCH3 is 1. The third-order valence-electron chi connectivity index (χ3n) is 3.88. The molecule has 3 heteroatoms. The first-order chi connectivity index (χ1) is 8.70. The van der Waals surface area contributed by atoms with Crippen molar-refractivity contribution >= 4 is 5.78 Å². The van der Waals surface area contributed by atoms with Crippen LogP contribution in [0, 0.1) is 0 Å². The van der Waals surface area contributed by atoms with Gasteiger partial charge in [-0.25, -0.2) is 0 Å².